The highest BCUT2D eigenvalue weighted by atomic mass is 32.1. The standard InChI is InChI=1S/C10H12O6S/c1-2-16-10(15)8(12)7(11)5-3-6(9(13)14)17-4-5/h3-4,7-8,11-12H,2H2,1H3,(H,13,14). The highest BCUT2D eigenvalue weighted by molar-refractivity contribution is 7.12. The van der Waals surface area contributed by atoms with Crippen molar-refractivity contribution in [1.29, 1.82) is 0 Å². The fraction of sp³-hybridized carbons (Fsp3) is 0.400. The lowest BCUT2D eigenvalue weighted by molar-refractivity contribution is -0.159. The maximum absolute atomic E-state index is 11.2. The molecular weight excluding hydrogens is 248 g/mol. The Kier molecular flexibility index (Phi) is 4.62. The zero-order chi connectivity index (χ0) is 13.0. The highest BCUT2D eigenvalue weighted by Gasteiger charge is 2.28. The van der Waals surface area contributed by atoms with Gasteiger partial charge < -0.3 is 20.1 Å². The van der Waals surface area contributed by atoms with E-state index >= 15 is 0 Å². The first-order chi connectivity index (χ1) is 7.97. The van der Waals surface area contributed by atoms with E-state index in [-0.39, 0.29) is 17.0 Å². The minimum Gasteiger partial charge on any atom is -0.477 e. The van der Waals surface area contributed by atoms with Gasteiger partial charge in [-0.15, -0.1) is 11.3 Å². The summed E-state index contributed by atoms with van der Waals surface area (Å²) in [7, 11) is 0. The summed E-state index contributed by atoms with van der Waals surface area (Å²) >= 11 is 0.906. The molecule has 2 unspecified atom stereocenters. The van der Waals surface area contributed by atoms with Crippen LogP contribution in [-0.2, 0) is 9.53 Å². The van der Waals surface area contributed by atoms with Crippen LogP contribution in [0, 0.1) is 0 Å². The number of aromatic carboxylic acids is 1. The van der Waals surface area contributed by atoms with E-state index in [4.69, 9.17) is 5.11 Å². The molecule has 0 aliphatic carbocycles. The van der Waals surface area contributed by atoms with E-state index in [0.29, 0.717) is 0 Å². The number of aliphatic hydroxyl groups is 2. The van der Waals surface area contributed by atoms with Gasteiger partial charge in [-0.05, 0) is 23.9 Å². The summed E-state index contributed by atoms with van der Waals surface area (Å²) in [4.78, 5) is 21.8. The lowest BCUT2D eigenvalue weighted by atomic mass is 10.1. The van der Waals surface area contributed by atoms with E-state index < -0.39 is 24.1 Å². The summed E-state index contributed by atoms with van der Waals surface area (Å²) in [5, 5.41) is 29.2. The van der Waals surface area contributed by atoms with Gasteiger partial charge in [-0.3, -0.25) is 0 Å². The van der Waals surface area contributed by atoms with Gasteiger partial charge in [-0.2, -0.15) is 0 Å². The number of ether oxygens (including phenoxy) is 1. The van der Waals surface area contributed by atoms with E-state index in [1.54, 1.807) is 6.92 Å². The number of aliphatic hydroxyl groups excluding tert-OH is 2. The first-order valence-electron chi connectivity index (χ1n) is 4.81. The van der Waals surface area contributed by atoms with Crippen molar-refractivity contribution >= 4 is 23.3 Å². The van der Waals surface area contributed by atoms with E-state index in [0.717, 1.165) is 11.3 Å². The Balaban J connectivity index is 2.77. The van der Waals surface area contributed by atoms with E-state index in [1.807, 2.05) is 0 Å². The molecule has 1 aromatic heterocycles. The van der Waals surface area contributed by atoms with Gasteiger partial charge in [-0.25, -0.2) is 9.59 Å². The van der Waals surface area contributed by atoms with E-state index in [9.17, 15) is 19.8 Å². The number of carbonyl (C=O) groups is 2. The second-order valence-corrected chi connectivity index (χ2v) is 4.10. The lowest BCUT2D eigenvalue weighted by Crippen LogP contribution is -2.29. The van der Waals surface area contributed by atoms with Crippen LogP contribution in [0.3, 0.4) is 0 Å². The SMILES string of the molecule is CCOC(=O)C(O)C(O)c1csc(C(=O)O)c1. The van der Waals surface area contributed by atoms with Gasteiger partial charge in [0.05, 0.1) is 6.61 Å². The van der Waals surface area contributed by atoms with Crippen LogP contribution < -0.4 is 0 Å². The van der Waals surface area contributed by atoms with E-state index in [1.165, 1.54) is 11.4 Å². The fourth-order valence-electron chi connectivity index (χ4n) is 1.16. The Labute approximate surface area is 101 Å². The predicted octanol–water partition coefficient (Wildman–Crippen LogP) is 0.404. The Morgan fingerprint density at radius 2 is 2.12 bits per heavy atom. The molecule has 0 spiro atoms. The van der Waals surface area contributed by atoms with Gasteiger partial charge >= 0.3 is 11.9 Å². The molecule has 0 bridgehead atoms. The number of carbonyl (C=O) groups excluding carboxylic acids is 1. The number of hydrogen-bond donors (Lipinski definition) is 3. The quantitative estimate of drug-likeness (QED) is 0.662. The van der Waals surface area contributed by atoms with Crippen LogP contribution in [0.1, 0.15) is 28.3 Å². The zero-order valence-electron chi connectivity index (χ0n) is 8.99. The van der Waals surface area contributed by atoms with Crippen molar-refractivity contribution in [3.05, 3.63) is 21.9 Å². The summed E-state index contributed by atoms with van der Waals surface area (Å²) in [6.07, 6.45) is -3.20. The maximum Gasteiger partial charge on any atom is 0.345 e. The van der Waals surface area contributed by atoms with Gasteiger partial charge in [0, 0.05) is 0 Å². The molecule has 0 aliphatic rings. The highest BCUT2D eigenvalue weighted by Crippen LogP contribution is 2.24. The smallest absolute Gasteiger partial charge is 0.345 e. The molecule has 0 saturated heterocycles. The third-order valence-electron chi connectivity index (χ3n) is 2.00. The summed E-state index contributed by atoms with van der Waals surface area (Å²) in [6.45, 7) is 1.66. The minimum atomic E-state index is -1.72. The van der Waals surface area contributed by atoms with Crippen molar-refractivity contribution in [3.63, 3.8) is 0 Å². The van der Waals surface area contributed by atoms with Crippen LogP contribution in [0.5, 0.6) is 0 Å². The molecule has 3 N–H and O–H groups in total. The van der Waals surface area contributed by atoms with Crippen LogP contribution in [0.15, 0.2) is 11.4 Å². The van der Waals surface area contributed by atoms with Crippen molar-refractivity contribution in [2.24, 2.45) is 0 Å². The van der Waals surface area contributed by atoms with Crippen LogP contribution in [-0.4, -0.2) is 40.0 Å². The molecule has 0 aromatic carbocycles. The molecule has 1 aromatic rings. The lowest BCUT2D eigenvalue weighted by Gasteiger charge is -2.14. The van der Waals surface area contributed by atoms with Gasteiger partial charge in [-0.1, -0.05) is 0 Å². The van der Waals surface area contributed by atoms with Gasteiger partial charge in [0.25, 0.3) is 0 Å². The molecule has 1 rings (SSSR count). The topological polar surface area (TPSA) is 104 Å². The Bertz CT molecular complexity index is 413. The molecule has 17 heavy (non-hydrogen) atoms. The Hall–Kier alpha value is -1.44. The number of carboxylic acids is 1. The molecule has 6 nitrogen and oxygen atoms in total. The predicted molar refractivity (Wildman–Crippen MR) is 58.9 cm³/mol. The Morgan fingerprint density at radius 3 is 2.59 bits per heavy atom. The molecule has 1 heterocycles. The van der Waals surface area contributed by atoms with Crippen molar-refractivity contribution < 1.29 is 29.6 Å². The van der Waals surface area contributed by atoms with Gasteiger partial charge in [0.2, 0.25) is 0 Å². The number of rotatable bonds is 5. The number of thiophene rings is 1. The third kappa shape index (κ3) is 3.26. The van der Waals surface area contributed by atoms with Crippen LogP contribution in [0.25, 0.3) is 0 Å². The number of carboxylic acid groups (broad SMARTS) is 1. The van der Waals surface area contributed by atoms with Crippen molar-refractivity contribution in [1.82, 2.24) is 0 Å². The molecule has 0 radical (unpaired) electrons. The van der Waals surface area contributed by atoms with Crippen LogP contribution in [0.2, 0.25) is 0 Å². The second kappa shape index (κ2) is 5.76. The monoisotopic (exact) mass is 260 g/mol. The molecular formula is C10H12O6S. The maximum atomic E-state index is 11.2. The molecule has 94 valence electrons. The summed E-state index contributed by atoms with van der Waals surface area (Å²) < 4.78 is 4.54. The summed E-state index contributed by atoms with van der Waals surface area (Å²) in [5.41, 5.74) is 0.174. The zero-order valence-corrected chi connectivity index (χ0v) is 9.81. The summed E-state index contributed by atoms with van der Waals surface area (Å²) in [5.74, 6) is -2.07. The van der Waals surface area contributed by atoms with Crippen molar-refractivity contribution in [2.75, 3.05) is 6.61 Å². The second-order valence-electron chi connectivity index (χ2n) is 3.19. The molecule has 0 amide bonds. The molecule has 0 aliphatic heterocycles. The molecule has 2 atom stereocenters. The van der Waals surface area contributed by atoms with Crippen LogP contribution >= 0.6 is 11.3 Å². The van der Waals surface area contributed by atoms with E-state index in [2.05, 4.69) is 4.74 Å². The van der Waals surface area contributed by atoms with Gasteiger partial charge in [0.15, 0.2) is 6.10 Å². The molecule has 0 fully saturated rings. The first-order valence-corrected chi connectivity index (χ1v) is 5.69. The first kappa shape index (κ1) is 13.6. The molecule has 0 saturated carbocycles. The minimum absolute atomic E-state index is 0.0232. The Morgan fingerprint density at radius 1 is 1.47 bits per heavy atom. The van der Waals surface area contributed by atoms with Gasteiger partial charge in [0.1, 0.15) is 11.0 Å². The number of hydrogen-bond acceptors (Lipinski definition) is 6. The van der Waals surface area contributed by atoms with Crippen molar-refractivity contribution in [2.45, 2.75) is 19.1 Å². The van der Waals surface area contributed by atoms with Crippen LogP contribution in [0.4, 0.5) is 0 Å². The summed E-state index contributed by atoms with van der Waals surface area (Å²) in [6, 6.07) is 1.21. The molecule has 7 heteroatoms. The number of esters is 1. The third-order valence-corrected chi connectivity index (χ3v) is 2.94. The fourth-order valence-corrected chi connectivity index (χ4v) is 1.93. The average molecular weight is 260 g/mol. The normalized spacial score (nSPS) is 14.1. The largest absolute Gasteiger partial charge is 0.477 e. The average Bonchev–Trinajstić information content (AvgIpc) is 2.76. The van der Waals surface area contributed by atoms with Crippen molar-refractivity contribution in [3.8, 4) is 0 Å².